The Hall–Kier alpha value is 1.76. The molecule has 0 aliphatic carbocycles. The molecule has 0 radical (unpaired) electrons. The Kier molecular flexibility index (Phi) is 86.4. The van der Waals surface area contributed by atoms with E-state index in [1.807, 2.05) is 0 Å². The fourth-order valence-electron chi connectivity index (χ4n) is 10.6. The predicted octanol–water partition coefficient (Wildman–Crippen LogP) is 8.03. The van der Waals surface area contributed by atoms with E-state index in [0.717, 1.165) is 0 Å². The summed E-state index contributed by atoms with van der Waals surface area (Å²) in [6.07, 6.45) is 44.2. The first-order chi connectivity index (χ1) is 33.0. The summed E-state index contributed by atoms with van der Waals surface area (Å²) in [6, 6.07) is 0. The molecule has 0 fully saturated rings. The summed E-state index contributed by atoms with van der Waals surface area (Å²) in [6.45, 7) is 60.1. The van der Waals surface area contributed by atoms with Gasteiger partial charge in [-0.25, -0.2) is 0 Å². The Bertz CT molecular complexity index is 631. The summed E-state index contributed by atoms with van der Waals surface area (Å²) < 4.78 is 5.68. The van der Waals surface area contributed by atoms with Crippen LogP contribution >= 0.6 is 0 Å². The molecule has 0 bridgehead atoms. The van der Waals surface area contributed by atoms with Gasteiger partial charge >= 0.3 is 0 Å². The molecule has 0 atom stereocenters. The molecule has 0 spiro atoms. The van der Waals surface area contributed by atoms with Crippen LogP contribution in [-0.2, 0) is 0 Å². The normalized spacial score (nSPS) is 11.3. The molecular weight excluding hydrogens is 1140 g/mol. The first-order valence-electron chi connectivity index (χ1n) is 32.4. The van der Waals surface area contributed by atoms with Gasteiger partial charge in [-0.2, -0.15) is 0 Å². The van der Waals surface area contributed by atoms with Crippen LogP contribution in [0.5, 0.6) is 0 Å². The van der Waals surface area contributed by atoms with Crippen LogP contribution in [0.2, 0.25) is 0 Å². The highest BCUT2D eigenvalue weighted by molar-refractivity contribution is 4.53. The standard InChI is InChI=1S/4C16H36N.4BrH/c4*1-5-9-13-17(14-10-6-2,15-11-7-3)16-12-8-4;;;;/h4*5-16H2,1-4H3;4*1H/q4*+1;;;;/p-4. The van der Waals surface area contributed by atoms with Crippen molar-refractivity contribution in [3.05, 3.63) is 0 Å². The highest BCUT2D eigenvalue weighted by Crippen LogP contribution is 2.20. The lowest BCUT2D eigenvalue weighted by Crippen LogP contribution is -3.00. The van der Waals surface area contributed by atoms with Crippen molar-refractivity contribution in [2.24, 2.45) is 0 Å². The number of quaternary nitrogens is 4. The van der Waals surface area contributed by atoms with Crippen molar-refractivity contribution in [3.8, 4) is 0 Å². The van der Waals surface area contributed by atoms with E-state index < -0.39 is 0 Å². The number of nitrogens with zero attached hydrogens (tertiary/aromatic N) is 4. The summed E-state index contributed by atoms with van der Waals surface area (Å²) in [5, 5.41) is 0. The van der Waals surface area contributed by atoms with E-state index >= 15 is 0 Å². The SMILES string of the molecule is CCCC[N+](CCCC)(CCCC)CCCC.CCCC[N+](CCCC)(CCCC)CCCC.CCCC[N+](CCCC)(CCCC)CCCC.CCCC[N+](CCCC)(CCCC)CCCC.[Br-].[Br-].[Br-].[Br-]. The van der Waals surface area contributed by atoms with Crippen LogP contribution in [0.25, 0.3) is 0 Å². The van der Waals surface area contributed by atoms with Crippen LogP contribution in [0.1, 0.15) is 316 Å². The minimum atomic E-state index is 0. The molecule has 0 amide bonds. The molecule has 0 aliphatic rings. The van der Waals surface area contributed by atoms with E-state index in [0.29, 0.717) is 0 Å². The third-order valence-corrected chi connectivity index (χ3v) is 15.8. The lowest BCUT2D eigenvalue weighted by molar-refractivity contribution is -0.929. The topological polar surface area (TPSA) is 0 Å². The molecule has 0 unspecified atom stereocenters. The first-order valence-corrected chi connectivity index (χ1v) is 32.4. The summed E-state index contributed by atoms with van der Waals surface area (Å²) >= 11 is 0. The predicted molar refractivity (Wildman–Crippen MR) is 317 cm³/mol. The van der Waals surface area contributed by atoms with E-state index in [9.17, 15) is 0 Å². The largest absolute Gasteiger partial charge is 1.00 e. The molecule has 72 heavy (non-hydrogen) atoms. The lowest BCUT2D eigenvalue weighted by atomic mass is 10.1. The molecule has 4 nitrogen and oxygen atoms in total. The van der Waals surface area contributed by atoms with Gasteiger partial charge in [0.2, 0.25) is 0 Å². The monoisotopic (exact) mass is 1280 g/mol. The van der Waals surface area contributed by atoms with Crippen LogP contribution < -0.4 is 67.9 Å². The Balaban J connectivity index is -0.000000124. The fraction of sp³-hybridized carbons (Fsp3) is 1.00. The maximum atomic E-state index is 2.33. The van der Waals surface area contributed by atoms with Crippen molar-refractivity contribution in [2.75, 3.05) is 105 Å². The average molecular weight is 1290 g/mol. The van der Waals surface area contributed by atoms with Gasteiger partial charge in [0.15, 0.2) is 0 Å². The molecule has 0 aromatic carbocycles. The van der Waals surface area contributed by atoms with Gasteiger partial charge < -0.3 is 85.9 Å². The maximum absolute atomic E-state index is 2.33. The first kappa shape index (κ1) is 90.3. The second-order valence-electron chi connectivity index (χ2n) is 22.6. The molecule has 0 rings (SSSR count). The van der Waals surface area contributed by atoms with Gasteiger partial charge in [-0.1, -0.05) is 214 Å². The third kappa shape index (κ3) is 53.7. The van der Waals surface area contributed by atoms with Crippen molar-refractivity contribution in [1.29, 1.82) is 0 Å². The molecular formula is C64H144Br4N4. The smallest absolute Gasteiger partial charge is 0.0786 e. The molecule has 0 N–H and O–H groups in total. The molecule has 8 heteroatoms. The van der Waals surface area contributed by atoms with Crippen molar-refractivity contribution >= 4 is 0 Å². The third-order valence-electron chi connectivity index (χ3n) is 15.8. The van der Waals surface area contributed by atoms with E-state index in [1.54, 1.807) is 0 Å². The van der Waals surface area contributed by atoms with Gasteiger partial charge in [0, 0.05) is 0 Å². The average Bonchev–Trinajstić information content (AvgIpc) is 3.37. The summed E-state index contributed by atoms with van der Waals surface area (Å²) in [7, 11) is 0. The lowest BCUT2D eigenvalue weighted by Gasteiger charge is -2.39. The van der Waals surface area contributed by atoms with Crippen molar-refractivity contribution in [3.63, 3.8) is 0 Å². The molecule has 0 aromatic rings. The zero-order valence-corrected chi connectivity index (χ0v) is 59.6. The second kappa shape index (κ2) is 68.9. The Morgan fingerprint density at radius 1 is 0.125 bits per heavy atom. The van der Waals surface area contributed by atoms with Crippen LogP contribution in [0.3, 0.4) is 0 Å². The Labute approximate surface area is 503 Å². The molecule has 0 aliphatic heterocycles. The molecule has 0 heterocycles. The van der Waals surface area contributed by atoms with Gasteiger partial charge in [-0.05, 0) is 103 Å². The highest BCUT2D eigenvalue weighted by Gasteiger charge is 2.28. The van der Waals surface area contributed by atoms with Crippen molar-refractivity contribution < 1.29 is 85.9 Å². The van der Waals surface area contributed by atoms with Crippen LogP contribution in [0.15, 0.2) is 0 Å². The van der Waals surface area contributed by atoms with Gasteiger partial charge in [-0.15, -0.1) is 0 Å². The fourth-order valence-corrected chi connectivity index (χ4v) is 10.6. The summed E-state index contributed by atoms with van der Waals surface area (Å²) in [5.41, 5.74) is 0. The summed E-state index contributed by atoms with van der Waals surface area (Å²) in [5.74, 6) is 0. The van der Waals surface area contributed by atoms with Gasteiger partial charge in [0.25, 0.3) is 0 Å². The number of halogens is 4. The van der Waals surface area contributed by atoms with Crippen LogP contribution in [0.4, 0.5) is 0 Å². The Morgan fingerprint density at radius 2 is 0.181 bits per heavy atom. The van der Waals surface area contributed by atoms with Gasteiger partial charge in [0.05, 0.1) is 105 Å². The number of unbranched alkanes of at least 4 members (excludes halogenated alkanes) is 16. The molecule has 0 aromatic heterocycles. The quantitative estimate of drug-likeness (QED) is 0.0543. The van der Waals surface area contributed by atoms with Crippen molar-refractivity contribution in [2.45, 2.75) is 316 Å². The van der Waals surface area contributed by atoms with Crippen LogP contribution in [-0.4, -0.2) is 123 Å². The zero-order chi connectivity index (χ0) is 51.9. The number of rotatable bonds is 48. The minimum Gasteiger partial charge on any atom is -1.00 e. The zero-order valence-electron chi connectivity index (χ0n) is 53.2. The second-order valence-corrected chi connectivity index (χ2v) is 22.6. The Morgan fingerprint density at radius 3 is 0.222 bits per heavy atom. The molecule has 0 saturated heterocycles. The van der Waals surface area contributed by atoms with Crippen molar-refractivity contribution in [1.82, 2.24) is 0 Å². The van der Waals surface area contributed by atoms with Gasteiger partial charge in [-0.3, -0.25) is 0 Å². The van der Waals surface area contributed by atoms with Crippen LogP contribution in [0, 0.1) is 0 Å². The van der Waals surface area contributed by atoms with E-state index in [-0.39, 0.29) is 67.9 Å². The maximum Gasteiger partial charge on any atom is 0.0786 e. The number of hydrogen-bond acceptors (Lipinski definition) is 0. The highest BCUT2D eigenvalue weighted by atomic mass is 79.9. The van der Waals surface area contributed by atoms with E-state index in [4.69, 9.17) is 0 Å². The summed E-state index contributed by atoms with van der Waals surface area (Å²) in [4.78, 5) is 0. The minimum absolute atomic E-state index is 0. The molecule has 0 saturated carbocycles. The number of hydrogen-bond donors (Lipinski definition) is 0. The van der Waals surface area contributed by atoms with Gasteiger partial charge in [0.1, 0.15) is 0 Å². The van der Waals surface area contributed by atoms with E-state index in [2.05, 4.69) is 111 Å². The molecule has 448 valence electrons. The van der Waals surface area contributed by atoms with E-state index in [1.165, 1.54) is 328 Å².